The van der Waals surface area contributed by atoms with Gasteiger partial charge in [0.25, 0.3) is 0 Å². The van der Waals surface area contributed by atoms with Gasteiger partial charge in [0.1, 0.15) is 0 Å². The van der Waals surface area contributed by atoms with Crippen LogP contribution >= 0.6 is 0 Å². The van der Waals surface area contributed by atoms with Crippen molar-refractivity contribution in [2.45, 2.75) is 0 Å². The molecule has 4 aromatic rings. The van der Waals surface area contributed by atoms with Crippen LogP contribution in [-0.2, 0) is 0 Å². The normalized spacial score (nSPS) is 10.4. The fourth-order valence-corrected chi connectivity index (χ4v) is 2.80. The summed E-state index contributed by atoms with van der Waals surface area (Å²) in [5.74, 6) is 0. The summed E-state index contributed by atoms with van der Waals surface area (Å²) in [4.78, 5) is 0. The second-order valence-electron chi connectivity index (χ2n) is 5.68. The maximum Gasteiger partial charge on any atom is 0.0991 e. The highest BCUT2D eigenvalue weighted by Gasteiger charge is 2.04. The van der Waals surface area contributed by atoms with Crippen molar-refractivity contribution in [1.29, 1.82) is 5.26 Å². The van der Waals surface area contributed by atoms with Gasteiger partial charge in [0.15, 0.2) is 0 Å². The van der Waals surface area contributed by atoms with Crippen molar-refractivity contribution in [3.05, 3.63) is 96.8 Å². The molecule has 0 saturated heterocycles. The monoisotopic (exact) mass is 320 g/mol. The van der Waals surface area contributed by atoms with Crippen LogP contribution in [0.4, 0.5) is 0 Å². The van der Waals surface area contributed by atoms with Crippen LogP contribution in [0.5, 0.6) is 0 Å². The average molecular weight is 320 g/mol. The predicted octanol–water partition coefficient (Wildman–Crippen LogP) is 4.88. The molecule has 0 saturated carbocycles. The molecule has 117 valence electrons. The fourth-order valence-electron chi connectivity index (χ4n) is 2.80. The molecule has 0 unspecified atom stereocenters. The van der Waals surface area contributed by atoms with Crippen molar-refractivity contribution < 1.29 is 0 Å². The SMILES string of the molecule is N#Cc1cccc(-c2ccc(-c3[c]ccc(-n4cccn4)c3)cc2)c1. The molecule has 0 fully saturated rings. The number of benzene rings is 3. The van der Waals surface area contributed by atoms with Crippen LogP contribution in [-0.4, -0.2) is 9.78 Å². The summed E-state index contributed by atoms with van der Waals surface area (Å²) in [5.41, 5.74) is 5.91. The van der Waals surface area contributed by atoms with Gasteiger partial charge in [-0.15, -0.1) is 0 Å². The molecule has 0 aliphatic carbocycles. The van der Waals surface area contributed by atoms with E-state index in [4.69, 9.17) is 5.26 Å². The molecular weight excluding hydrogens is 306 g/mol. The number of hydrogen-bond donors (Lipinski definition) is 0. The first-order valence-corrected chi connectivity index (χ1v) is 7.96. The molecule has 0 bridgehead atoms. The van der Waals surface area contributed by atoms with Gasteiger partial charge in [-0.2, -0.15) is 10.4 Å². The third-order valence-corrected chi connectivity index (χ3v) is 4.08. The van der Waals surface area contributed by atoms with Crippen LogP contribution < -0.4 is 0 Å². The van der Waals surface area contributed by atoms with E-state index in [1.165, 1.54) is 0 Å². The van der Waals surface area contributed by atoms with Gasteiger partial charge < -0.3 is 0 Å². The summed E-state index contributed by atoms with van der Waals surface area (Å²) in [5, 5.41) is 13.3. The van der Waals surface area contributed by atoms with E-state index in [0.29, 0.717) is 5.56 Å². The first kappa shape index (κ1) is 14.9. The Kier molecular flexibility index (Phi) is 3.86. The van der Waals surface area contributed by atoms with Gasteiger partial charge in [0.2, 0.25) is 0 Å². The smallest absolute Gasteiger partial charge is 0.0991 e. The summed E-state index contributed by atoms with van der Waals surface area (Å²) in [6.07, 6.45) is 3.69. The Morgan fingerprint density at radius 1 is 0.880 bits per heavy atom. The van der Waals surface area contributed by atoms with E-state index in [1.54, 1.807) is 6.20 Å². The van der Waals surface area contributed by atoms with Crippen LogP contribution in [0.2, 0.25) is 0 Å². The minimum absolute atomic E-state index is 0.668. The predicted molar refractivity (Wildman–Crippen MR) is 98.0 cm³/mol. The van der Waals surface area contributed by atoms with Crippen LogP contribution in [0.3, 0.4) is 0 Å². The number of hydrogen-bond acceptors (Lipinski definition) is 2. The van der Waals surface area contributed by atoms with Crippen LogP contribution in [0.15, 0.2) is 85.2 Å². The van der Waals surface area contributed by atoms with Crippen molar-refractivity contribution in [3.8, 4) is 34.0 Å². The molecule has 0 aliphatic rings. The summed E-state index contributed by atoms with van der Waals surface area (Å²) >= 11 is 0. The number of aromatic nitrogens is 2. The summed E-state index contributed by atoms with van der Waals surface area (Å²) < 4.78 is 1.83. The van der Waals surface area contributed by atoms with E-state index in [-0.39, 0.29) is 0 Å². The summed E-state index contributed by atoms with van der Waals surface area (Å²) in [6.45, 7) is 0. The molecule has 1 heterocycles. The minimum atomic E-state index is 0.668. The van der Waals surface area contributed by atoms with Crippen LogP contribution in [0.25, 0.3) is 27.9 Å². The summed E-state index contributed by atoms with van der Waals surface area (Å²) in [7, 11) is 0. The zero-order valence-electron chi connectivity index (χ0n) is 13.4. The van der Waals surface area contributed by atoms with E-state index in [2.05, 4.69) is 47.6 Å². The number of nitriles is 1. The Balaban J connectivity index is 1.67. The first-order chi connectivity index (χ1) is 12.3. The highest BCUT2D eigenvalue weighted by molar-refractivity contribution is 5.71. The van der Waals surface area contributed by atoms with Crippen LogP contribution in [0.1, 0.15) is 5.56 Å². The zero-order chi connectivity index (χ0) is 17.1. The maximum atomic E-state index is 9.04. The second-order valence-corrected chi connectivity index (χ2v) is 5.68. The summed E-state index contributed by atoms with van der Waals surface area (Å²) in [6, 6.07) is 29.3. The molecule has 3 aromatic carbocycles. The lowest BCUT2D eigenvalue weighted by molar-refractivity contribution is 0.881. The third kappa shape index (κ3) is 3.06. The van der Waals surface area contributed by atoms with Gasteiger partial charge in [0.05, 0.1) is 17.3 Å². The maximum absolute atomic E-state index is 9.04. The van der Waals surface area contributed by atoms with Gasteiger partial charge in [-0.25, -0.2) is 4.68 Å². The van der Waals surface area contributed by atoms with E-state index in [1.807, 2.05) is 53.3 Å². The molecule has 0 atom stereocenters. The average Bonchev–Trinajstić information content (AvgIpc) is 3.23. The topological polar surface area (TPSA) is 41.6 Å². The van der Waals surface area contributed by atoms with Crippen molar-refractivity contribution in [1.82, 2.24) is 9.78 Å². The second kappa shape index (κ2) is 6.46. The molecular formula is C22H14N3. The standard InChI is InChI=1S/C22H14N3/c23-16-17-4-1-5-20(14-17)18-8-10-19(11-9-18)21-6-2-7-22(15-21)25-13-3-12-24-25/h1-5,7-15H. The zero-order valence-corrected chi connectivity index (χ0v) is 13.4. The quantitative estimate of drug-likeness (QED) is 0.540. The molecule has 0 N–H and O–H groups in total. The molecule has 3 nitrogen and oxygen atoms in total. The number of nitrogens with zero attached hydrogens (tertiary/aromatic N) is 3. The van der Waals surface area contributed by atoms with Gasteiger partial charge >= 0.3 is 0 Å². The molecule has 1 aromatic heterocycles. The first-order valence-electron chi connectivity index (χ1n) is 7.96. The van der Waals surface area contributed by atoms with Crippen molar-refractivity contribution in [2.75, 3.05) is 0 Å². The lowest BCUT2D eigenvalue weighted by atomic mass is 9.99. The Morgan fingerprint density at radius 3 is 2.48 bits per heavy atom. The molecule has 3 heteroatoms. The fraction of sp³-hybridized carbons (Fsp3) is 0. The lowest BCUT2D eigenvalue weighted by Crippen LogP contribution is -1.94. The highest BCUT2D eigenvalue weighted by atomic mass is 15.3. The molecule has 4 rings (SSSR count). The van der Waals surface area contributed by atoms with Gasteiger partial charge in [-0.3, -0.25) is 0 Å². The molecule has 25 heavy (non-hydrogen) atoms. The van der Waals surface area contributed by atoms with E-state index in [9.17, 15) is 0 Å². The Bertz CT molecular complexity index is 1040. The Hall–Kier alpha value is -3.64. The molecule has 0 aliphatic heterocycles. The highest BCUT2D eigenvalue weighted by Crippen LogP contribution is 2.26. The van der Waals surface area contributed by atoms with Crippen LogP contribution in [0, 0.1) is 17.4 Å². The van der Waals surface area contributed by atoms with Crippen molar-refractivity contribution in [3.63, 3.8) is 0 Å². The Morgan fingerprint density at radius 2 is 1.72 bits per heavy atom. The van der Waals surface area contributed by atoms with E-state index in [0.717, 1.165) is 27.9 Å². The van der Waals surface area contributed by atoms with Crippen molar-refractivity contribution in [2.24, 2.45) is 0 Å². The minimum Gasteiger partial charge on any atom is -0.241 e. The molecule has 0 spiro atoms. The third-order valence-electron chi connectivity index (χ3n) is 4.08. The van der Waals surface area contributed by atoms with Crippen molar-refractivity contribution >= 4 is 0 Å². The Labute approximate surface area is 146 Å². The largest absolute Gasteiger partial charge is 0.241 e. The van der Waals surface area contributed by atoms with Gasteiger partial charge in [-0.05, 0) is 58.7 Å². The van der Waals surface area contributed by atoms with Gasteiger partial charge in [0, 0.05) is 12.4 Å². The number of rotatable bonds is 3. The molecule has 0 amide bonds. The van der Waals surface area contributed by atoms with E-state index < -0.39 is 0 Å². The molecule has 1 radical (unpaired) electrons. The van der Waals surface area contributed by atoms with Gasteiger partial charge in [-0.1, -0.05) is 42.5 Å². The lowest BCUT2D eigenvalue weighted by Gasteiger charge is -2.07. The van der Waals surface area contributed by atoms with E-state index >= 15 is 0 Å².